The topological polar surface area (TPSA) is 86.8 Å². The number of benzene rings is 3. The number of nitrogens with zero attached hydrogens (tertiary/aromatic N) is 2. The van der Waals surface area contributed by atoms with Gasteiger partial charge in [0.05, 0.1) is 21.2 Å². The van der Waals surface area contributed by atoms with Crippen molar-refractivity contribution >= 4 is 50.7 Å². The van der Waals surface area contributed by atoms with Gasteiger partial charge in [0.1, 0.15) is 12.6 Å². The highest BCUT2D eigenvalue weighted by Gasteiger charge is 2.37. The first-order valence-electron chi connectivity index (χ1n) is 12.8. The molecule has 42 heavy (non-hydrogen) atoms. The second kappa shape index (κ2) is 13.4. The molecule has 0 radical (unpaired) electrons. The molecule has 0 spiro atoms. The molecule has 13 heteroatoms. The van der Waals surface area contributed by atoms with Crippen molar-refractivity contribution in [2.24, 2.45) is 0 Å². The number of nitrogens with one attached hydrogen (secondary N) is 1. The summed E-state index contributed by atoms with van der Waals surface area (Å²) in [5.74, 6) is -1.36. The molecule has 3 rings (SSSR count). The molecular weight excluding hydrogens is 614 g/mol. The van der Waals surface area contributed by atoms with Crippen LogP contribution in [-0.4, -0.2) is 43.8 Å². The molecule has 226 valence electrons. The summed E-state index contributed by atoms with van der Waals surface area (Å²) in [7, 11) is -4.57. The molecule has 0 heterocycles. The van der Waals surface area contributed by atoms with Crippen LogP contribution in [0.2, 0.25) is 10.0 Å². The summed E-state index contributed by atoms with van der Waals surface area (Å²) < 4.78 is 69.5. The highest BCUT2D eigenvalue weighted by molar-refractivity contribution is 7.92. The molecule has 7 nitrogen and oxygen atoms in total. The minimum absolute atomic E-state index is 0.169. The number of sulfonamides is 1. The second-order valence-electron chi connectivity index (χ2n) is 9.94. The van der Waals surface area contributed by atoms with Gasteiger partial charge < -0.3 is 10.2 Å². The van der Waals surface area contributed by atoms with Gasteiger partial charge in [0.2, 0.25) is 11.8 Å². The lowest BCUT2D eigenvalue weighted by Crippen LogP contribution is -2.52. The zero-order chi connectivity index (χ0) is 31.4. The minimum Gasteiger partial charge on any atom is -0.352 e. The molecular formula is C29H30Cl2F3N3O4S. The molecule has 0 aliphatic heterocycles. The van der Waals surface area contributed by atoms with E-state index >= 15 is 0 Å². The van der Waals surface area contributed by atoms with Gasteiger partial charge in [-0.3, -0.25) is 13.9 Å². The van der Waals surface area contributed by atoms with Gasteiger partial charge in [-0.25, -0.2) is 8.42 Å². The van der Waals surface area contributed by atoms with Crippen LogP contribution in [0, 0.1) is 6.92 Å². The van der Waals surface area contributed by atoms with Crippen molar-refractivity contribution in [1.29, 1.82) is 0 Å². The zero-order valence-electron chi connectivity index (χ0n) is 23.2. The lowest BCUT2D eigenvalue weighted by atomic mass is 10.1. The third-order valence-electron chi connectivity index (χ3n) is 6.33. The Hall–Kier alpha value is -3.28. The van der Waals surface area contributed by atoms with Crippen LogP contribution in [0.3, 0.4) is 0 Å². The minimum atomic E-state index is -4.89. The fourth-order valence-electron chi connectivity index (χ4n) is 4.05. The average Bonchev–Trinajstić information content (AvgIpc) is 2.90. The fraction of sp³-hybridized carbons (Fsp3) is 0.310. The monoisotopic (exact) mass is 643 g/mol. The molecule has 3 aromatic rings. The quantitative estimate of drug-likeness (QED) is 0.275. The third-order valence-corrected chi connectivity index (χ3v) is 8.81. The molecule has 0 saturated carbocycles. The van der Waals surface area contributed by atoms with Crippen molar-refractivity contribution in [3.63, 3.8) is 0 Å². The van der Waals surface area contributed by atoms with E-state index in [1.807, 2.05) is 0 Å². The first-order chi connectivity index (χ1) is 19.5. The number of carbonyl (C=O) groups excluding carboxylic acids is 2. The van der Waals surface area contributed by atoms with Crippen LogP contribution in [0.4, 0.5) is 18.9 Å². The van der Waals surface area contributed by atoms with Crippen molar-refractivity contribution < 1.29 is 31.2 Å². The Morgan fingerprint density at radius 2 is 1.55 bits per heavy atom. The molecule has 0 fully saturated rings. The van der Waals surface area contributed by atoms with Crippen LogP contribution in [0.1, 0.15) is 37.5 Å². The number of amides is 2. The number of hydrogen-bond acceptors (Lipinski definition) is 4. The molecule has 0 aliphatic carbocycles. The zero-order valence-corrected chi connectivity index (χ0v) is 25.6. The van der Waals surface area contributed by atoms with Gasteiger partial charge in [-0.2, -0.15) is 13.2 Å². The number of anilines is 1. The number of alkyl halides is 3. The molecule has 0 aromatic heterocycles. The van der Waals surface area contributed by atoms with Crippen LogP contribution in [0.15, 0.2) is 71.6 Å². The van der Waals surface area contributed by atoms with E-state index in [4.69, 9.17) is 23.2 Å². The summed E-state index contributed by atoms with van der Waals surface area (Å²) in [4.78, 5) is 27.8. The Kier molecular flexibility index (Phi) is 10.6. The van der Waals surface area contributed by atoms with E-state index in [2.05, 4.69) is 5.32 Å². The predicted molar refractivity (Wildman–Crippen MR) is 157 cm³/mol. The number of halogens is 5. The van der Waals surface area contributed by atoms with Crippen molar-refractivity contribution in [2.45, 2.75) is 57.4 Å². The highest BCUT2D eigenvalue weighted by Crippen LogP contribution is 2.38. The molecule has 3 aromatic carbocycles. The molecule has 0 aliphatic rings. The van der Waals surface area contributed by atoms with Crippen LogP contribution in [0.5, 0.6) is 0 Å². The van der Waals surface area contributed by atoms with E-state index in [1.54, 1.807) is 45.0 Å². The smallest absolute Gasteiger partial charge is 0.352 e. The summed E-state index contributed by atoms with van der Waals surface area (Å²) in [5, 5.41) is 2.39. The van der Waals surface area contributed by atoms with Crippen LogP contribution in [-0.2, 0) is 32.3 Å². The van der Waals surface area contributed by atoms with Gasteiger partial charge in [0.25, 0.3) is 10.0 Å². The lowest BCUT2D eigenvalue weighted by molar-refractivity contribution is -0.139. The summed E-state index contributed by atoms with van der Waals surface area (Å²) in [6, 6.07) is 13.5. The standard InChI is InChI=1S/C29H30Cl2F3N3O4S/c1-18(2)35-28(39)20(4)36(16-21-7-5-6-8-25(21)30)27(38)17-37(42(40,41)23-12-9-19(3)10-13-23)22-11-14-26(31)24(15-22)29(32,33)34/h5-15,18,20H,16-17H2,1-4H3,(H,35,39)/t20-/m1/s1. The van der Waals surface area contributed by atoms with Crippen molar-refractivity contribution in [2.75, 3.05) is 10.8 Å². The molecule has 0 bridgehead atoms. The molecule has 2 amide bonds. The molecule has 1 atom stereocenters. The number of aryl methyl sites for hydroxylation is 1. The van der Waals surface area contributed by atoms with E-state index < -0.39 is 56.9 Å². The third kappa shape index (κ3) is 7.96. The number of rotatable bonds is 10. The normalized spacial score (nSPS) is 12.6. The lowest BCUT2D eigenvalue weighted by Gasteiger charge is -2.32. The van der Waals surface area contributed by atoms with E-state index in [1.165, 1.54) is 31.2 Å². The molecule has 0 saturated heterocycles. The Morgan fingerprint density at radius 3 is 2.12 bits per heavy atom. The Balaban J connectivity index is 2.14. The SMILES string of the molecule is Cc1ccc(S(=O)(=O)N(CC(=O)N(Cc2ccccc2Cl)[C@H](C)C(=O)NC(C)C)c2ccc(Cl)c(C(F)(F)F)c2)cc1. The maximum atomic E-state index is 13.9. The first kappa shape index (κ1) is 33.2. The van der Waals surface area contributed by atoms with Gasteiger partial charge in [0.15, 0.2) is 0 Å². The van der Waals surface area contributed by atoms with Crippen molar-refractivity contribution in [3.05, 3.63) is 93.5 Å². The van der Waals surface area contributed by atoms with Gasteiger partial charge in [0, 0.05) is 17.6 Å². The van der Waals surface area contributed by atoms with E-state index in [9.17, 15) is 31.2 Å². The van der Waals surface area contributed by atoms with Gasteiger partial charge >= 0.3 is 6.18 Å². The van der Waals surface area contributed by atoms with Gasteiger partial charge in [-0.05, 0) is 69.7 Å². The largest absolute Gasteiger partial charge is 0.417 e. The van der Waals surface area contributed by atoms with E-state index in [-0.39, 0.29) is 17.5 Å². The van der Waals surface area contributed by atoms with Gasteiger partial charge in [-0.1, -0.05) is 59.1 Å². The summed E-state index contributed by atoms with van der Waals surface area (Å²) in [5.41, 5.74) is -0.470. The van der Waals surface area contributed by atoms with Crippen LogP contribution >= 0.6 is 23.2 Å². The average molecular weight is 645 g/mol. The van der Waals surface area contributed by atoms with Crippen LogP contribution in [0.25, 0.3) is 0 Å². The Bertz CT molecular complexity index is 1550. The maximum Gasteiger partial charge on any atom is 0.417 e. The fourth-order valence-corrected chi connectivity index (χ4v) is 5.88. The van der Waals surface area contributed by atoms with Crippen LogP contribution < -0.4 is 9.62 Å². The Morgan fingerprint density at radius 1 is 0.929 bits per heavy atom. The summed E-state index contributed by atoms with van der Waals surface area (Å²) in [6.07, 6.45) is -4.89. The van der Waals surface area contributed by atoms with Crippen molar-refractivity contribution in [3.8, 4) is 0 Å². The predicted octanol–water partition coefficient (Wildman–Crippen LogP) is 6.46. The number of hydrogen-bond donors (Lipinski definition) is 1. The van der Waals surface area contributed by atoms with E-state index in [0.717, 1.165) is 22.6 Å². The Labute approximate surface area is 253 Å². The molecule has 1 N–H and O–H groups in total. The highest BCUT2D eigenvalue weighted by atomic mass is 35.5. The molecule has 0 unspecified atom stereocenters. The van der Waals surface area contributed by atoms with Gasteiger partial charge in [-0.15, -0.1) is 0 Å². The van der Waals surface area contributed by atoms with E-state index in [0.29, 0.717) is 21.0 Å². The second-order valence-corrected chi connectivity index (χ2v) is 12.6. The first-order valence-corrected chi connectivity index (χ1v) is 15.0. The summed E-state index contributed by atoms with van der Waals surface area (Å²) in [6.45, 7) is 5.59. The maximum absolute atomic E-state index is 13.9. The number of carbonyl (C=O) groups is 2. The summed E-state index contributed by atoms with van der Waals surface area (Å²) >= 11 is 12.1. The van der Waals surface area contributed by atoms with Crippen molar-refractivity contribution in [1.82, 2.24) is 10.2 Å².